The molecule has 0 aromatic heterocycles. The van der Waals surface area contributed by atoms with E-state index in [4.69, 9.17) is 18.9 Å². The van der Waals surface area contributed by atoms with Crippen LogP contribution in [0.4, 0.5) is 5.69 Å². The third kappa shape index (κ3) is 13.3. The SMILES string of the molecule is C=C(C)[C@H](NC(=O)COCCOCCOCCOCCN1C(=O)C=CC1=O)C(=O)N[C@@H](C)C(=O)Nc1ccc(CC)cc1. The molecule has 0 saturated carbocycles. The van der Waals surface area contributed by atoms with E-state index in [9.17, 15) is 24.0 Å². The van der Waals surface area contributed by atoms with Crippen LogP contribution in [0.2, 0.25) is 0 Å². The van der Waals surface area contributed by atoms with Gasteiger partial charge in [0.2, 0.25) is 17.7 Å². The number of amides is 5. The molecule has 0 fully saturated rings. The van der Waals surface area contributed by atoms with Gasteiger partial charge in [-0.15, -0.1) is 0 Å². The van der Waals surface area contributed by atoms with Gasteiger partial charge in [-0.3, -0.25) is 28.9 Å². The zero-order valence-corrected chi connectivity index (χ0v) is 25.0. The Morgan fingerprint density at radius 3 is 1.88 bits per heavy atom. The Labute approximate surface area is 251 Å². The maximum absolute atomic E-state index is 12.7. The Balaban J connectivity index is 1.52. The molecule has 2 rings (SSSR count). The number of anilines is 1. The Bertz CT molecular complexity index is 1120. The molecule has 236 valence electrons. The molecule has 5 amide bonds. The second-order valence-electron chi connectivity index (χ2n) is 9.67. The van der Waals surface area contributed by atoms with Gasteiger partial charge in [-0.25, -0.2) is 0 Å². The summed E-state index contributed by atoms with van der Waals surface area (Å²) < 4.78 is 21.4. The van der Waals surface area contributed by atoms with Crippen molar-refractivity contribution in [3.8, 4) is 0 Å². The molecule has 0 aliphatic carbocycles. The molecule has 1 heterocycles. The highest BCUT2D eigenvalue weighted by atomic mass is 16.6. The van der Waals surface area contributed by atoms with Crippen LogP contribution in [0.3, 0.4) is 0 Å². The van der Waals surface area contributed by atoms with E-state index in [2.05, 4.69) is 22.5 Å². The summed E-state index contributed by atoms with van der Waals surface area (Å²) in [6, 6.07) is 5.55. The van der Waals surface area contributed by atoms with Gasteiger partial charge in [0.05, 0.1) is 52.8 Å². The van der Waals surface area contributed by atoms with Crippen LogP contribution in [0.25, 0.3) is 0 Å². The summed E-state index contributed by atoms with van der Waals surface area (Å²) in [6.07, 6.45) is 3.34. The third-order valence-corrected chi connectivity index (χ3v) is 6.15. The fourth-order valence-corrected chi connectivity index (χ4v) is 3.68. The first-order valence-electron chi connectivity index (χ1n) is 14.1. The number of hydrogen-bond acceptors (Lipinski definition) is 9. The van der Waals surface area contributed by atoms with Gasteiger partial charge >= 0.3 is 0 Å². The van der Waals surface area contributed by atoms with E-state index in [1.54, 1.807) is 26.0 Å². The van der Waals surface area contributed by atoms with Gasteiger partial charge in [-0.2, -0.15) is 0 Å². The number of carbonyl (C=O) groups is 5. The van der Waals surface area contributed by atoms with Crippen LogP contribution in [0, 0.1) is 0 Å². The Morgan fingerprint density at radius 2 is 1.35 bits per heavy atom. The van der Waals surface area contributed by atoms with Crippen molar-refractivity contribution < 1.29 is 42.9 Å². The van der Waals surface area contributed by atoms with Gasteiger partial charge < -0.3 is 34.9 Å². The van der Waals surface area contributed by atoms with Crippen LogP contribution in [0.5, 0.6) is 0 Å². The summed E-state index contributed by atoms with van der Waals surface area (Å²) >= 11 is 0. The molecule has 1 aliphatic heterocycles. The first kappa shape index (κ1) is 35.3. The van der Waals surface area contributed by atoms with Crippen LogP contribution in [0.1, 0.15) is 26.3 Å². The van der Waals surface area contributed by atoms with Gasteiger partial charge in [0.1, 0.15) is 18.7 Å². The second-order valence-corrected chi connectivity index (χ2v) is 9.67. The fourth-order valence-electron chi connectivity index (χ4n) is 3.68. The lowest BCUT2D eigenvalue weighted by Gasteiger charge is -2.21. The van der Waals surface area contributed by atoms with Gasteiger partial charge in [0.15, 0.2) is 0 Å². The highest BCUT2D eigenvalue weighted by Crippen LogP contribution is 2.10. The molecule has 1 aromatic carbocycles. The number of carbonyl (C=O) groups excluding carboxylic acids is 5. The van der Waals surface area contributed by atoms with E-state index in [-0.39, 0.29) is 44.8 Å². The average Bonchev–Trinajstić information content (AvgIpc) is 3.30. The summed E-state index contributed by atoms with van der Waals surface area (Å²) in [5.41, 5.74) is 2.16. The molecule has 13 nitrogen and oxygen atoms in total. The van der Waals surface area contributed by atoms with Crippen LogP contribution >= 0.6 is 0 Å². The van der Waals surface area contributed by atoms with E-state index in [0.29, 0.717) is 37.7 Å². The topological polar surface area (TPSA) is 162 Å². The molecule has 43 heavy (non-hydrogen) atoms. The predicted molar refractivity (Wildman–Crippen MR) is 158 cm³/mol. The summed E-state index contributed by atoms with van der Waals surface area (Å²) in [6.45, 7) is 10.8. The molecule has 1 aromatic rings. The third-order valence-electron chi connectivity index (χ3n) is 6.15. The number of nitrogens with zero attached hydrogens (tertiary/aromatic N) is 1. The van der Waals surface area contributed by atoms with E-state index >= 15 is 0 Å². The summed E-state index contributed by atoms with van der Waals surface area (Å²) in [4.78, 5) is 61.5. The number of imide groups is 1. The van der Waals surface area contributed by atoms with Gasteiger partial charge in [0.25, 0.3) is 11.8 Å². The van der Waals surface area contributed by atoms with Crippen LogP contribution in [-0.2, 0) is 49.3 Å². The van der Waals surface area contributed by atoms with E-state index in [0.717, 1.165) is 16.9 Å². The van der Waals surface area contributed by atoms with Crippen LogP contribution in [0.15, 0.2) is 48.6 Å². The monoisotopic (exact) mass is 602 g/mol. The van der Waals surface area contributed by atoms with Crippen molar-refractivity contribution in [2.24, 2.45) is 0 Å². The molecule has 3 N–H and O–H groups in total. The maximum Gasteiger partial charge on any atom is 0.253 e. The van der Waals surface area contributed by atoms with Crippen molar-refractivity contribution >= 4 is 35.2 Å². The average molecular weight is 603 g/mol. The number of ether oxygens (including phenoxy) is 4. The van der Waals surface area contributed by atoms with Crippen molar-refractivity contribution in [1.82, 2.24) is 15.5 Å². The standard InChI is InChI=1S/C30H42N4O9/c1-5-23-6-8-24(9-7-23)32-29(38)22(4)31-30(39)28(21(2)3)33-25(35)20-43-19-18-42-17-16-41-15-14-40-13-12-34-26(36)10-11-27(34)37/h6-11,22,28H,2,5,12-20H2,1,3-4H3,(H,31,39)(H,32,38)(H,33,35)/t22-,28-/m0/s1. The lowest BCUT2D eigenvalue weighted by Crippen LogP contribution is -2.52. The van der Waals surface area contributed by atoms with Crippen molar-refractivity contribution in [2.45, 2.75) is 39.3 Å². The molecule has 1 aliphatic rings. The second kappa shape index (κ2) is 19.3. The first-order valence-corrected chi connectivity index (χ1v) is 14.1. The summed E-state index contributed by atoms with van der Waals surface area (Å²) in [7, 11) is 0. The number of nitrogens with one attached hydrogen (secondary N) is 3. The number of benzene rings is 1. The Kier molecular flexibility index (Phi) is 15.8. The van der Waals surface area contributed by atoms with Crippen molar-refractivity contribution in [3.05, 3.63) is 54.1 Å². The minimum Gasteiger partial charge on any atom is -0.377 e. The van der Waals surface area contributed by atoms with Gasteiger partial charge in [0, 0.05) is 17.8 Å². The minimum absolute atomic E-state index is 0.152. The van der Waals surface area contributed by atoms with Crippen molar-refractivity contribution in [3.63, 3.8) is 0 Å². The van der Waals surface area contributed by atoms with Crippen LogP contribution < -0.4 is 16.0 Å². The highest BCUT2D eigenvalue weighted by Gasteiger charge is 2.25. The predicted octanol–water partition coefficient (Wildman–Crippen LogP) is 0.745. The molecule has 13 heteroatoms. The minimum atomic E-state index is -1.03. The van der Waals surface area contributed by atoms with Gasteiger partial charge in [-0.05, 0) is 43.5 Å². The quantitative estimate of drug-likeness (QED) is 0.105. The molecule has 0 bridgehead atoms. The van der Waals surface area contributed by atoms with E-state index in [1.807, 2.05) is 19.1 Å². The highest BCUT2D eigenvalue weighted by molar-refractivity contribution is 6.12. The molecular weight excluding hydrogens is 560 g/mol. The lowest BCUT2D eigenvalue weighted by atomic mass is 10.1. The number of hydrogen-bond donors (Lipinski definition) is 3. The zero-order valence-electron chi connectivity index (χ0n) is 25.0. The normalized spacial score (nSPS) is 14.0. The smallest absolute Gasteiger partial charge is 0.253 e. The molecule has 0 saturated heterocycles. The van der Waals surface area contributed by atoms with E-state index in [1.165, 1.54) is 12.2 Å². The number of aryl methyl sites for hydroxylation is 1. The lowest BCUT2D eigenvalue weighted by molar-refractivity contribution is -0.137. The number of rotatable bonds is 21. The first-order chi connectivity index (χ1) is 20.6. The van der Waals surface area contributed by atoms with Gasteiger partial charge in [-0.1, -0.05) is 25.6 Å². The van der Waals surface area contributed by atoms with E-state index < -0.39 is 29.8 Å². The Morgan fingerprint density at radius 1 is 0.814 bits per heavy atom. The Hall–Kier alpha value is -3.91. The largest absolute Gasteiger partial charge is 0.377 e. The maximum atomic E-state index is 12.7. The molecular formula is C30H42N4O9. The summed E-state index contributed by atoms with van der Waals surface area (Å²) in [5, 5.41) is 7.92. The molecule has 0 radical (unpaired) electrons. The van der Waals surface area contributed by atoms with Crippen LogP contribution in [-0.4, -0.2) is 106 Å². The molecule has 2 atom stereocenters. The molecule has 0 unspecified atom stereocenters. The summed E-state index contributed by atoms with van der Waals surface area (Å²) in [5.74, 6) is -2.16. The molecule has 0 spiro atoms. The van der Waals surface area contributed by atoms with Crippen molar-refractivity contribution in [2.75, 3.05) is 64.7 Å². The zero-order chi connectivity index (χ0) is 31.6. The fraction of sp³-hybridized carbons (Fsp3) is 0.500. The van der Waals surface area contributed by atoms with Crippen molar-refractivity contribution in [1.29, 1.82) is 0 Å².